The van der Waals surface area contributed by atoms with Crippen LogP contribution in [0.25, 0.3) is 11.2 Å². The molecule has 0 bridgehead atoms. The number of quaternary nitrogens is 1. The van der Waals surface area contributed by atoms with Gasteiger partial charge in [0.2, 0.25) is 11.9 Å². The van der Waals surface area contributed by atoms with Gasteiger partial charge in [-0.2, -0.15) is 4.98 Å². The Labute approximate surface area is 393 Å². The van der Waals surface area contributed by atoms with Crippen molar-refractivity contribution < 1.29 is 47.5 Å². The Balaban J connectivity index is 0.000000980. The zero-order valence-corrected chi connectivity index (χ0v) is 40.1. The highest BCUT2D eigenvalue weighted by Gasteiger charge is 2.44. The molecule has 2 aromatic heterocycles. The lowest BCUT2D eigenvalue weighted by Gasteiger charge is -2.38. The van der Waals surface area contributed by atoms with E-state index in [2.05, 4.69) is 41.0 Å². The summed E-state index contributed by atoms with van der Waals surface area (Å²) in [5.41, 5.74) is 0.250. The van der Waals surface area contributed by atoms with Gasteiger partial charge in [-0.3, -0.25) is 34.6 Å². The van der Waals surface area contributed by atoms with Gasteiger partial charge in [-0.05, 0) is 85.7 Å². The number of benzene rings is 4. The van der Waals surface area contributed by atoms with Crippen molar-refractivity contribution in [3.8, 4) is 17.2 Å². The number of nitro benzene ring substituents is 1. The molecular formula is C47H56N7O11PS. The number of aromatic nitrogens is 4. The third-order valence-corrected chi connectivity index (χ3v) is 12.8. The molecule has 4 aromatic carbocycles. The van der Waals surface area contributed by atoms with Gasteiger partial charge in [-0.15, -0.1) is 0 Å². The van der Waals surface area contributed by atoms with Gasteiger partial charge in [0, 0.05) is 24.5 Å². The molecule has 0 spiro atoms. The number of non-ortho nitro benzene ring substituents is 1. The molecule has 18 nitrogen and oxygen atoms in total. The maximum absolute atomic E-state index is 13.9. The van der Waals surface area contributed by atoms with Gasteiger partial charge in [0.1, 0.15) is 35.2 Å². The number of amides is 1. The number of carbonyl (C=O) groups is 1. The molecule has 1 saturated heterocycles. The number of nitrogens with one attached hydrogen (secondary N) is 3. The van der Waals surface area contributed by atoms with E-state index in [9.17, 15) is 24.6 Å². The van der Waals surface area contributed by atoms with Crippen molar-refractivity contribution in [2.24, 2.45) is 5.92 Å². The Bertz CT molecular complexity index is 2630. The monoisotopic (exact) mass is 957 g/mol. The fourth-order valence-corrected chi connectivity index (χ4v) is 9.13. The van der Waals surface area contributed by atoms with Crippen molar-refractivity contribution in [2.75, 3.05) is 45.8 Å². The standard InChI is InChI=1S/C41H41N6O11PS.C6H15N/c1-25(2)38(48)44-40-43-37-36(39(49)45-40)42-24-46(37)35-22-33(58-59(52,60)57-32-20-14-29(15-21-32)47(50)51)34(56-35)23-55-41(26-8-6-5-7-9-26,27-10-16-30(53-3)17-11-27)28-12-18-31(54-4)19-13-28;1-4-7(5-2)6-3/h5-21,24-25,33-35H,22-23H2,1-4H3,(H,52,60)(H2,43,44,45,48,49);4-6H2,1-3H3/t33-,34+,35+,59?;/m0./s1. The average Bonchev–Trinajstić information content (AvgIpc) is 3.94. The van der Waals surface area contributed by atoms with E-state index < -0.39 is 47.2 Å². The number of hydrogen-bond donors (Lipinski definition) is 3. The van der Waals surface area contributed by atoms with E-state index in [0.29, 0.717) is 11.5 Å². The number of aromatic amines is 1. The Hall–Kier alpha value is -6.05. The molecule has 3 N–H and O–H groups in total. The van der Waals surface area contributed by atoms with E-state index in [1.165, 1.54) is 54.8 Å². The fraction of sp³-hybridized carbons (Fsp3) is 0.362. The third-order valence-electron chi connectivity index (χ3n) is 11.4. The van der Waals surface area contributed by atoms with Crippen LogP contribution in [0.1, 0.15) is 64.0 Å². The topological polar surface area (TPSA) is 219 Å². The molecule has 1 unspecified atom stereocenters. The van der Waals surface area contributed by atoms with Crippen LogP contribution in [0.15, 0.2) is 114 Å². The maximum atomic E-state index is 13.9. The van der Waals surface area contributed by atoms with Crippen molar-refractivity contribution in [1.82, 2.24) is 19.5 Å². The number of nitro groups is 1. The van der Waals surface area contributed by atoms with Crippen LogP contribution in [-0.2, 0) is 36.2 Å². The summed E-state index contributed by atoms with van der Waals surface area (Å²) in [6.45, 7) is 9.32. The van der Waals surface area contributed by atoms with E-state index in [-0.39, 0.29) is 47.5 Å². The van der Waals surface area contributed by atoms with Crippen LogP contribution in [0, 0.1) is 16.0 Å². The first-order chi connectivity index (χ1) is 32.1. The number of carbonyl (C=O) groups excluding carboxylic acids is 1. The molecule has 4 atom stereocenters. The van der Waals surface area contributed by atoms with Gasteiger partial charge < -0.3 is 37.8 Å². The minimum absolute atomic E-state index is 0.00465. The molecule has 1 amide bonds. The predicted molar refractivity (Wildman–Crippen MR) is 254 cm³/mol. The Morgan fingerprint density at radius 3 is 1.99 bits per heavy atom. The summed E-state index contributed by atoms with van der Waals surface area (Å²) in [6.07, 6.45) is -1.62. The number of methoxy groups -OCH3 is 2. The molecule has 3 heterocycles. The number of imidazole rings is 1. The molecular weight excluding hydrogens is 902 g/mol. The lowest BCUT2D eigenvalue weighted by molar-refractivity contribution is -0.894. The highest BCUT2D eigenvalue weighted by molar-refractivity contribution is 8.06. The molecule has 6 aromatic rings. The largest absolute Gasteiger partial charge is 0.770 e. The quantitative estimate of drug-likeness (QED) is 0.0372. The normalized spacial score (nSPS) is 16.8. The third kappa shape index (κ3) is 12.1. The Kier molecular flexibility index (Phi) is 17.0. The van der Waals surface area contributed by atoms with E-state index in [1.54, 1.807) is 33.0 Å². The number of nitrogens with zero attached hydrogens (tertiary/aromatic N) is 4. The fourth-order valence-electron chi connectivity index (χ4n) is 7.57. The molecule has 356 valence electrons. The predicted octanol–water partition coefficient (Wildman–Crippen LogP) is 5.92. The number of hydrogen-bond acceptors (Lipinski definition) is 14. The molecule has 0 radical (unpaired) electrons. The number of H-pyrrole nitrogens is 1. The average molecular weight is 958 g/mol. The van der Waals surface area contributed by atoms with Crippen molar-refractivity contribution in [1.29, 1.82) is 0 Å². The number of rotatable bonds is 19. The molecule has 20 heteroatoms. The van der Waals surface area contributed by atoms with Crippen LogP contribution in [0.4, 0.5) is 11.6 Å². The summed E-state index contributed by atoms with van der Waals surface area (Å²) in [5.74, 6) is 0.408. The molecule has 0 aliphatic carbocycles. The first kappa shape index (κ1) is 50.4. The SMILES string of the molecule is CC[NH+](CC)CC.COc1ccc(C(OC[C@H]2O[C@@H](n3cnc4c(=O)[nH]c(NC(=O)C(C)C)nc43)C[C@@H]2OP([O-])(=S)Oc2ccc([N+](=O)[O-])cc2)(c2ccccc2)c2ccc(OC)cc2)cc1. The van der Waals surface area contributed by atoms with Gasteiger partial charge in [0.25, 0.3) is 11.2 Å². The Morgan fingerprint density at radius 1 is 0.925 bits per heavy atom. The maximum Gasteiger partial charge on any atom is 0.280 e. The summed E-state index contributed by atoms with van der Waals surface area (Å²) < 4.78 is 37.9. The number of fused-ring (bicyclic) bond motifs is 1. The van der Waals surface area contributed by atoms with Crippen LogP contribution >= 0.6 is 6.72 Å². The van der Waals surface area contributed by atoms with Crippen LogP contribution in [-0.4, -0.2) is 83.0 Å². The van der Waals surface area contributed by atoms with E-state index in [0.717, 1.165) is 16.7 Å². The van der Waals surface area contributed by atoms with Crippen molar-refractivity contribution in [3.05, 3.63) is 147 Å². The van der Waals surface area contributed by atoms with Gasteiger partial charge in [0.05, 0.1) is 57.8 Å². The number of anilines is 1. The van der Waals surface area contributed by atoms with Gasteiger partial charge >= 0.3 is 0 Å². The summed E-state index contributed by atoms with van der Waals surface area (Å²) >= 11 is 5.38. The van der Waals surface area contributed by atoms with Gasteiger partial charge in [-0.1, -0.05) is 68.4 Å². The molecule has 1 aliphatic heterocycles. The van der Waals surface area contributed by atoms with Crippen molar-refractivity contribution in [3.63, 3.8) is 0 Å². The zero-order valence-electron chi connectivity index (χ0n) is 38.4. The summed E-state index contributed by atoms with van der Waals surface area (Å²) in [4.78, 5) is 63.2. The van der Waals surface area contributed by atoms with E-state index in [4.69, 9.17) is 39.8 Å². The highest BCUT2D eigenvalue weighted by Crippen LogP contribution is 2.48. The van der Waals surface area contributed by atoms with Crippen molar-refractivity contribution in [2.45, 2.75) is 65.1 Å². The van der Waals surface area contributed by atoms with Crippen molar-refractivity contribution >= 4 is 47.2 Å². The first-order valence-electron chi connectivity index (χ1n) is 21.8. The molecule has 67 heavy (non-hydrogen) atoms. The van der Waals surface area contributed by atoms with Crippen LogP contribution in [0.3, 0.4) is 0 Å². The first-order valence-corrected chi connectivity index (χ1v) is 24.4. The number of ether oxygens (including phenoxy) is 4. The van der Waals surface area contributed by atoms with Crippen LogP contribution in [0.5, 0.6) is 17.2 Å². The molecule has 1 aliphatic rings. The summed E-state index contributed by atoms with van der Waals surface area (Å²) in [6, 6.07) is 29.4. The van der Waals surface area contributed by atoms with Crippen LogP contribution < -0.4 is 34.7 Å². The second kappa shape index (κ2) is 22.6. The molecule has 1 fully saturated rings. The second-order valence-corrected chi connectivity index (χ2v) is 18.4. The summed E-state index contributed by atoms with van der Waals surface area (Å²) in [7, 11) is 3.16. The van der Waals surface area contributed by atoms with E-state index >= 15 is 0 Å². The summed E-state index contributed by atoms with van der Waals surface area (Å²) in [5, 5.41) is 13.8. The smallest absolute Gasteiger partial charge is 0.280 e. The van der Waals surface area contributed by atoms with Crippen LogP contribution in [0.2, 0.25) is 0 Å². The lowest BCUT2D eigenvalue weighted by Crippen LogP contribution is -3.11. The minimum atomic E-state index is -4.38. The second-order valence-electron chi connectivity index (χ2n) is 15.8. The Morgan fingerprint density at radius 2 is 1.48 bits per heavy atom. The lowest BCUT2D eigenvalue weighted by atomic mass is 9.80. The zero-order chi connectivity index (χ0) is 48.3. The molecule has 7 rings (SSSR count). The van der Waals surface area contributed by atoms with Gasteiger partial charge in [-0.25, -0.2) is 4.98 Å². The molecule has 0 saturated carbocycles. The highest BCUT2D eigenvalue weighted by atomic mass is 32.5. The van der Waals surface area contributed by atoms with Gasteiger partial charge in [0.15, 0.2) is 17.9 Å². The minimum Gasteiger partial charge on any atom is -0.770 e. The van der Waals surface area contributed by atoms with E-state index in [1.807, 2.05) is 78.9 Å².